The number of pyridine rings is 1. The van der Waals surface area contributed by atoms with Gasteiger partial charge in [-0.15, -0.1) is 11.3 Å². The highest BCUT2D eigenvalue weighted by atomic mass is 32.1. The first-order chi connectivity index (χ1) is 12.3. The molecule has 4 aromatic rings. The van der Waals surface area contributed by atoms with Gasteiger partial charge in [0.25, 0.3) is 0 Å². The number of hydrogen-bond donors (Lipinski definition) is 0. The Labute approximate surface area is 147 Å². The lowest BCUT2D eigenvalue weighted by atomic mass is 10.3. The number of thiazole rings is 1. The fraction of sp³-hybridized carbons (Fsp3) is 0.0556. The van der Waals surface area contributed by atoms with Crippen LogP contribution in [0.15, 0.2) is 61.1 Å². The van der Waals surface area contributed by atoms with E-state index in [0.29, 0.717) is 16.4 Å². The Bertz CT molecular complexity index is 1000. The van der Waals surface area contributed by atoms with Crippen LogP contribution < -0.4 is 0 Å². The van der Waals surface area contributed by atoms with Crippen LogP contribution in [0.4, 0.5) is 0 Å². The van der Waals surface area contributed by atoms with Gasteiger partial charge in [0.2, 0.25) is 0 Å². The summed E-state index contributed by atoms with van der Waals surface area (Å²) in [5.74, 6) is -0.548. The number of aromatic nitrogens is 4. The second-order valence-corrected chi connectivity index (χ2v) is 6.17. The Morgan fingerprint density at radius 3 is 2.64 bits per heavy atom. The Kier molecular flexibility index (Phi) is 4.14. The molecule has 4 rings (SSSR count). The van der Waals surface area contributed by atoms with Crippen molar-refractivity contribution in [1.29, 1.82) is 0 Å². The van der Waals surface area contributed by atoms with Crippen molar-refractivity contribution in [1.82, 2.24) is 19.9 Å². The number of carbonyl (C=O) groups is 1. The quantitative estimate of drug-likeness (QED) is 0.525. The molecule has 0 spiro atoms. The minimum absolute atomic E-state index is 0.0789. The first-order valence-corrected chi connectivity index (χ1v) is 8.37. The molecule has 0 unspecified atom stereocenters. The average molecular weight is 348 g/mol. The zero-order valence-corrected chi connectivity index (χ0v) is 13.8. The average Bonchev–Trinajstić information content (AvgIpc) is 3.11. The smallest absolute Gasteiger partial charge is 0.359 e. The summed E-state index contributed by atoms with van der Waals surface area (Å²) < 4.78 is 6.35. The van der Waals surface area contributed by atoms with Crippen LogP contribution in [-0.4, -0.2) is 25.9 Å². The predicted octanol–water partition coefficient (Wildman–Crippen LogP) is 3.51. The van der Waals surface area contributed by atoms with E-state index in [2.05, 4.69) is 19.9 Å². The van der Waals surface area contributed by atoms with E-state index in [4.69, 9.17) is 4.74 Å². The molecule has 0 radical (unpaired) electrons. The van der Waals surface area contributed by atoms with Crippen LogP contribution in [0.1, 0.15) is 16.2 Å². The second kappa shape index (κ2) is 6.74. The minimum atomic E-state index is -0.548. The molecule has 3 heterocycles. The highest BCUT2D eigenvalue weighted by Gasteiger charge is 2.20. The SMILES string of the molecule is O=C(OCc1ccccn1)c1nccnc1-c1nc2ccccc2s1. The zero-order chi connectivity index (χ0) is 17.1. The minimum Gasteiger partial charge on any atom is -0.454 e. The molecule has 0 aliphatic rings. The predicted molar refractivity (Wildman–Crippen MR) is 94.0 cm³/mol. The molecule has 6 nitrogen and oxygen atoms in total. The van der Waals surface area contributed by atoms with Gasteiger partial charge in [0.1, 0.15) is 17.3 Å². The van der Waals surface area contributed by atoms with E-state index < -0.39 is 5.97 Å². The van der Waals surface area contributed by atoms with Crippen molar-refractivity contribution in [3.63, 3.8) is 0 Å². The monoisotopic (exact) mass is 348 g/mol. The van der Waals surface area contributed by atoms with E-state index in [9.17, 15) is 4.79 Å². The van der Waals surface area contributed by atoms with Gasteiger partial charge < -0.3 is 4.74 Å². The topological polar surface area (TPSA) is 77.9 Å². The number of ether oxygens (including phenoxy) is 1. The third-order valence-electron chi connectivity index (χ3n) is 3.47. The van der Waals surface area contributed by atoms with Crippen molar-refractivity contribution < 1.29 is 9.53 Å². The highest BCUT2D eigenvalue weighted by molar-refractivity contribution is 7.21. The maximum absolute atomic E-state index is 12.5. The number of hydrogen-bond acceptors (Lipinski definition) is 7. The second-order valence-electron chi connectivity index (χ2n) is 5.14. The lowest BCUT2D eigenvalue weighted by Gasteiger charge is -2.06. The molecular weight excluding hydrogens is 336 g/mol. The third-order valence-corrected chi connectivity index (χ3v) is 4.51. The molecule has 0 fully saturated rings. The van der Waals surface area contributed by atoms with Gasteiger partial charge in [-0.25, -0.2) is 19.7 Å². The maximum atomic E-state index is 12.5. The number of rotatable bonds is 4. The van der Waals surface area contributed by atoms with Crippen LogP contribution in [0.5, 0.6) is 0 Å². The van der Waals surface area contributed by atoms with E-state index in [1.807, 2.05) is 30.3 Å². The van der Waals surface area contributed by atoms with Crippen LogP contribution in [0, 0.1) is 0 Å². The molecule has 7 heteroatoms. The summed E-state index contributed by atoms with van der Waals surface area (Å²) >= 11 is 1.46. The Morgan fingerprint density at radius 2 is 1.80 bits per heavy atom. The molecule has 122 valence electrons. The Hall–Kier alpha value is -3.19. The number of para-hydroxylation sites is 1. The van der Waals surface area contributed by atoms with E-state index in [1.54, 1.807) is 18.3 Å². The fourth-order valence-electron chi connectivity index (χ4n) is 2.31. The normalized spacial score (nSPS) is 10.7. The molecule has 0 aliphatic heterocycles. The highest BCUT2D eigenvalue weighted by Crippen LogP contribution is 2.30. The summed E-state index contributed by atoms with van der Waals surface area (Å²) in [5, 5.41) is 0.638. The first kappa shape index (κ1) is 15.3. The summed E-state index contributed by atoms with van der Waals surface area (Å²) in [6, 6.07) is 13.2. The molecule has 0 N–H and O–H groups in total. The van der Waals surface area contributed by atoms with Crippen LogP contribution >= 0.6 is 11.3 Å². The van der Waals surface area contributed by atoms with Crippen molar-refractivity contribution >= 4 is 27.5 Å². The molecule has 25 heavy (non-hydrogen) atoms. The molecule has 0 saturated carbocycles. The Morgan fingerprint density at radius 1 is 0.960 bits per heavy atom. The Balaban J connectivity index is 1.63. The van der Waals surface area contributed by atoms with E-state index in [0.717, 1.165) is 10.2 Å². The number of esters is 1. The van der Waals surface area contributed by atoms with Crippen molar-refractivity contribution in [2.45, 2.75) is 6.61 Å². The summed E-state index contributed by atoms with van der Waals surface area (Å²) in [7, 11) is 0. The van der Waals surface area contributed by atoms with E-state index in [1.165, 1.54) is 23.7 Å². The van der Waals surface area contributed by atoms with Gasteiger partial charge in [-0.05, 0) is 24.3 Å². The lowest BCUT2D eigenvalue weighted by Crippen LogP contribution is -2.10. The number of fused-ring (bicyclic) bond motifs is 1. The molecule has 0 amide bonds. The number of carbonyl (C=O) groups excluding carboxylic acids is 1. The van der Waals surface area contributed by atoms with Crippen LogP contribution in [0.25, 0.3) is 20.9 Å². The van der Waals surface area contributed by atoms with Gasteiger partial charge in [-0.2, -0.15) is 0 Å². The third kappa shape index (κ3) is 3.22. The first-order valence-electron chi connectivity index (χ1n) is 7.55. The molecule has 0 atom stereocenters. The van der Waals surface area contributed by atoms with Gasteiger partial charge in [0.05, 0.1) is 15.9 Å². The van der Waals surface area contributed by atoms with Crippen LogP contribution in [-0.2, 0) is 11.3 Å². The molecule has 3 aromatic heterocycles. The van der Waals surface area contributed by atoms with Gasteiger partial charge >= 0.3 is 5.97 Å². The largest absolute Gasteiger partial charge is 0.454 e. The number of benzene rings is 1. The van der Waals surface area contributed by atoms with Crippen molar-refractivity contribution in [2.75, 3.05) is 0 Å². The number of nitrogens with zero attached hydrogens (tertiary/aromatic N) is 4. The van der Waals surface area contributed by atoms with Gasteiger partial charge in [-0.1, -0.05) is 18.2 Å². The molecule has 0 saturated heterocycles. The summed E-state index contributed by atoms with van der Waals surface area (Å²) in [6.45, 7) is 0.0789. The molecule has 0 aliphatic carbocycles. The van der Waals surface area contributed by atoms with Crippen LogP contribution in [0.2, 0.25) is 0 Å². The fourth-order valence-corrected chi connectivity index (χ4v) is 3.27. The van der Waals surface area contributed by atoms with Gasteiger partial charge in [-0.3, -0.25) is 4.98 Å². The summed E-state index contributed by atoms with van der Waals surface area (Å²) in [6.07, 6.45) is 4.66. The van der Waals surface area contributed by atoms with Crippen molar-refractivity contribution in [2.24, 2.45) is 0 Å². The standard InChI is InChI=1S/C18H12N4O2S/c23-18(24-11-12-5-3-4-8-19-12)16-15(20-9-10-21-16)17-22-13-6-1-2-7-14(13)25-17/h1-10H,11H2. The van der Waals surface area contributed by atoms with Crippen molar-refractivity contribution in [3.8, 4) is 10.7 Å². The molecule has 1 aromatic carbocycles. The lowest BCUT2D eigenvalue weighted by molar-refractivity contribution is 0.0461. The van der Waals surface area contributed by atoms with E-state index in [-0.39, 0.29) is 12.3 Å². The van der Waals surface area contributed by atoms with E-state index >= 15 is 0 Å². The summed E-state index contributed by atoms with van der Waals surface area (Å²) in [5.41, 5.74) is 2.11. The molecular formula is C18H12N4O2S. The van der Waals surface area contributed by atoms with Gasteiger partial charge in [0.15, 0.2) is 5.69 Å². The van der Waals surface area contributed by atoms with Crippen LogP contribution in [0.3, 0.4) is 0 Å². The summed E-state index contributed by atoms with van der Waals surface area (Å²) in [4.78, 5) is 29.6. The van der Waals surface area contributed by atoms with Crippen molar-refractivity contribution in [3.05, 3.63) is 72.4 Å². The zero-order valence-electron chi connectivity index (χ0n) is 13.0. The molecule has 0 bridgehead atoms. The maximum Gasteiger partial charge on any atom is 0.359 e. The van der Waals surface area contributed by atoms with Gasteiger partial charge in [0, 0.05) is 18.6 Å².